The molecule has 3 rings (SSSR count). The van der Waals surface area contributed by atoms with E-state index in [2.05, 4.69) is 24.1 Å². The molecule has 1 fully saturated rings. The van der Waals surface area contributed by atoms with Crippen LogP contribution in [0.25, 0.3) is 10.8 Å². The molecular formula is C16H19N3. The maximum absolute atomic E-state index is 7.69. The van der Waals surface area contributed by atoms with E-state index in [0.29, 0.717) is 6.04 Å². The zero-order chi connectivity index (χ0) is 13.4. The predicted molar refractivity (Wildman–Crippen MR) is 81.0 cm³/mol. The quantitative estimate of drug-likeness (QED) is 0.652. The number of nitrogens with two attached hydrogens (primary N) is 1. The van der Waals surface area contributed by atoms with Crippen LogP contribution in [0.2, 0.25) is 0 Å². The molecule has 3 nitrogen and oxygen atoms in total. The highest BCUT2D eigenvalue weighted by Gasteiger charge is 2.23. The van der Waals surface area contributed by atoms with Gasteiger partial charge in [0.15, 0.2) is 0 Å². The molecule has 0 amide bonds. The first kappa shape index (κ1) is 12.0. The van der Waals surface area contributed by atoms with Gasteiger partial charge in [-0.2, -0.15) is 0 Å². The standard InChI is InChI=1S/C16H19N3/c1-19(11-5-4-6-11)15-10-9-14(16(17)18)12-7-2-3-8-13(12)15/h2-3,7-11H,4-6H2,1H3,(H3,17,18). The molecule has 19 heavy (non-hydrogen) atoms. The summed E-state index contributed by atoms with van der Waals surface area (Å²) in [6, 6.07) is 12.9. The van der Waals surface area contributed by atoms with Crippen molar-refractivity contribution in [2.24, 2.45) is 5.73 Å². The van der Waals surface area contributed by atoms with E-state index in [0.717, 1.165) is 10.9 Å². The fourth-order valence-corrected chi connectivity index (χ4v) is 2.80. The molecule has 98 valence electrons. The van der Waals surface area contributed by atoms with E-state index in [1.807, 2.05) is 24.3 Å². The van der Waals surface area contributed by atoms with E-state index in [1.54, 1.807) is 0 Å². The lowest BCUT2D eigenvalue weighted by Crippen LogP contribution is -2.37. The van der Waals surface area contributed by atoms with Gasteiger partial charge in [-0.05, 0) is 36.8 Å². The van der Waals surface area contributed by atoms with Gasteiger partial charge in [0, 0.05) is 29.7 Å². The van der Waals surface area contributed by atoms with Crippen molar-refractivity contribution in [3.05, 3.63) is 42.0 Å². The van der Waals surface area contributed by atoms with Gasteiger partial charge in [0.2, 0.25) is 0 Å². The van der Waals surface area contributed by atoms with Crippen LogP contribution in [0.15, 0.2) is 36.4 Å². The zero-order valence-corrected chi connectivity index (χ0v) is 11.2. The molecule has 0 saturated heterocycles. The molecule has 1 aliphatic carbocycles. The summed E-state index contributed by atoms with van der Waals surface area (Å²) in [5.74, 6) is 0.133. The molecule has 1 saturated carbocycles. The second-order valence-electron chi connectivity index (χ2n) is 5.29. The van der Waals surface area contributed by atoms with Gasteiger partial charge in [-0.15, -0.1) is 0 Å². The Hall–Kier alpha value is -2.03. The van der Waals surface area contributed by atoms with Crippen LogP contribution in [0, 0.1) is 5.41 Å². The number of nitrogens with one attached hydrogen (secondary N) is 1. The van der Waals surface area contributed by atoms with Crippen LogP contribution in [-0.4, -0.2) is 18.9 Å². The van der Waals surface area contributed by atoms with E-state index < -0.39 is 0 Å². The molecule has 0 bridgehead atoms. The van der Waals surface area contributed by atoms with Gasteiger partial charge < -0.3 is 10.6 Å². The number of anilines is 1. The first-order chi connectivity index (χ1) is 9.18. The number of benzene rings is 2. The van der Waals surface area contributed by atoms with Crippen LogP contribution >= 0.6 is 0 Å². The van der Waals surface area contributed by atoms with Crippen molar-refractivity contribution >= 4 is 22.3 Å². The number of rotatable bonds is 3. The highest BCUT2D eigenvalue weighted by molar-refractivity contribution is 6.10. The van der Waals surface area contributed by atoms with Crippen LogP contribution in [-0.2, 0) is 0 Å². The van der Waals surface area contributed by atoms with Crippen molar-refractivity contribution < 1.29 is 0 Å². The van der Waals surface area contributed by atoms with Crippen LogP contribution < -0.4 is 10.6 Å². The molecule has 3 N–H and O–H groups in total. The van der Waals surface area contributed by atoms with Gasteiger partial charge in [-0.25, -0.2) is 0 Å². The molecule has 0 heterocycles. The van der Waals surface area contributed by atoms with Gasteiger partial charge in [-0.1, -0.05) is 24.3 Å². The average molecular weight is 253 g/mol. The highest BCUT2D eigenvalue weighted by Crippen LogP contribution is 2.34. The Morgan fingerprint density at radius 3 is 2.42 bits per heavy atom. The minimum atomic E-state index is 0.133. The highest BCUT2D eigenvalue weighted by atomic mass is 15.1. The lowest BCUT2D eigenvalue weighted by atomic mass is 9.90. The monoisotopic (exact) mass is 253 g/mol. The summed E-state index contributed by atoms with van der Waals surface area (Å²) < 4.78 is 0. The van der Waals surface area contributed by atoms with Crippen LogP contribution in [0.5, 0.6) is 0 Å². The molecule has 2 aromatic carbocycles. The summed E-state index contributed by atoms with van der Waals surface area (Å²) >= 11 is 0. The number of nitrogens with zero attached hydrogens (tertiary/aromatic N) is 1. The molecule has 1 aliphatic rings. The van der Waals surface area contributed by atoms with E-state index in [4.69, 9.17) is 11.1 Å². The third-order valence-corrected chi connectivity index (χ3v) is 4.19. The summed E-state index contributed by atoms with van der Waals surface area (Å²) in [7, 11) is 2.17. The molecule has 0 aliphatic heterocycles. The maximum atomic E-state index is 7.69. The van der Waals surface area contributed by atoms with Crippen LogP contribution in [0.4, 0.5) is 5.69 Å². The fraction of sp³-hybridized carbons (Fsp3) is 0.312. The Kier molecular flexibility index (Phi) is 2.90. The smallest absolute Gasteiger partial charge is 0.123 e. The summed E-state index contributed by atoms with van der Waals surface area (Å²) in [5.41, 5.74) is 7.73. The largest absolute Gasteiger partial charge is 0.384 e. The second kappa shape index (κ2) is 4.57. The topological polar surface area (TPSA) is 53.1 Å². The Morgan fingerprint density at radius 2 is 1.84 bits per heavy atom. The number of amidine groups is 1. The van der Waals surface area contributed by atoms with Crippen LogP contribution in [0.3, 0.4) is 0 Å². The lowest BCUT2D eigenvalue weighted by Gasteiger charge is -2.37. The summed E-state index contributed by atoms with van der Waals surface area (Å²) in [6.45, 7) is 0. The molecule has 0 aromatic heterocycles. The summed E-state index contributed by atoms with van der Waals surface area (Å²) in [4.78, 5) is 2.37. The Morgan fingerprint density at radius 1 is 1.16 bits per heavy atom. The van der Waals surface area contributed by atoms with Gasteiger partial charge >= 0.3 is 0 Å². The molecular weight excluding hydrogens is 234 g/mol. The van der Waals surface area contributed by atoms with Crippen molar-refractivity contribution in [1.29, 1.82) is 5.41 Å². The number of hydrogen-bond acceptors (Lipinski definition) is 2. The molecule has 3 heteroatoms. The third-order valence-electron chi connectivity index (χ3n) is 4.19. The van der Waals surface area contributed by atoms with E-state index >= 15 is 0 Å². The molecule has 0 radical (unpaired) electrons. The Balaban J connectivity index is 2.15. The third kappa shape index (κ3) is 1.95. The molecule has 0 unspecified atom stereocenters. The molecule has 0 atom stereocenters. The van der Waals surface area contributed by atoms with E-state index in [-0.39, 0.29) is 5.84 Å². The minimum absolute atomic E-state index is 0.133. The fourth-order valence-electron chi connectivity index (χ4n) is 2.80. The van der Waals surface area contributed by atoms with Gasteiger partial charge in [0.05, 0.1) is 0 Å². The van der Waals surface area contributed by atoms with Crippen molar-refractivity contribution in [2.75, 3.05) is 11.9 Å². The van der Waals surface area contributed by atoms with E-state index in [9.17, 15) is 0 Å². The van der Waals surface area contributed by atoms with Crippen LogP contribution in [0.1, 0.15) is 24.8 Å². The number of fused-ring (bicyclic) bond motifs is 1. The van der Waals surface area contributed by atoms with Crippen molar-refractivity contribution in [2.45, 2.75) is 25.3 Å². The van der Waals surface area contributed by atoms with Gasteiger partial charge in [0.25, 0.3) is 0 Å². The number of hydrogen-bond donors (Lipinski definition) is 2. The Bertz CT molecular complexity index is 629. The first-order valence-electron chi connectivity index (χ1n) is 6.77. The molecule has 2 aromatic rings. The van der Waals surface area contributed by atoms with Crippen molar-refractivity contribution in [3.8, 4) is 0 Å². The second-order valence-corrected chi connectivity index (χ2v) is 5.29. The van der Waals surface area contributed by atoms with Gasteiger partial charge in [0.1, 0.15) is 5.84 Å². The zero-order valence-electron chi connectivity index (χ0n) is 11.2. The van der Waals surface area contributed by atoms with E-state index in [1.165, 1.54) is 30.3 Å². The minimum Gasteiger partial charge on any atom is -0.384 e. The SMILES string of the molecule is CN(c1ccc(C(=N)N)c2ccccc12)C1CCC1. The maximum Gasteiger partial charge on any atom is 0.123 e. The normalized spacial score (nSPS) is 15.2. The summed E-state index contributed by atoms with van der Waals surface area (Å²) in [5, 5.41) is 9.94. The molecule has 0 spiro atoms. The lowest BCUT2D eigenvalue weighted by molar-refractivity contribution is 0.402. The Labute approximate surface area is 113 Å². The first-order valence-corrected chi connectivity index (χ1v) is 6.77. The summed E-state index contributed by atoms with van der Waals surface area (Å²) in [6.07, 6.45) is 3.89. The van der Waals surface area contributed by atoms with Crippen molar-refractivity contribution in [3.63, 3.8) is 0 Å². The van der Waals surface area contributed by atoms with Crippen molar-refractivity contribution in [1.82, 2.24) is 0 Å². The average Bonchev–Trinajstić information content (AvgIpc) is 2.35. The predicted octanol–water partition coefficient (Wildman–Crippen LogP) is 3.11. The van der Waals surface area contributed by atoms with Gasteiger partial charge in [-0.3, -0.25) is 5.41 Å². The number of nitrogen functional groups attached to an aromatic ring is 1.